The van der Waals surface area contributed by atoms with Crippen molar-refractivity contribution in [1.29, 1.82) is 0 Å². The van der Waals surface area contributed by atoms with Crippen LogP contribution in [-0.4, -0.2) is 24.0 Å². The van der Waals surface area contributed by atoms with Gasteiger partial charge in [-0.1, -0.05) is 45.0 Å². The lowest BCUT2D eigenvalue weighted by molar-refractivity contribution is 0.149. The van der Waals surface area contributed by atoms with Crippen molar-refractivity contribution in [3.63, 3.8) is 0 Å². The lowest BCUT2D eigenvalue weighted by atomic mass is 9.84. The molecule has 0 amide bonds. The monoisotopic (exact) mass is 273 g/mol. The molecule has 2 rings (SSSR count). The standard InChI is InChI=1S/C19H31N/c1-15(2)20-11-9-16(10-12-20)13-17-7-6-8-18(14-17)19(3,4)5/h6-8,14-16H,9-13H2,1-5H3. The molecule has 0 bridgehead atoms. The van der Waals surface area contributed by atoms with Crippen molar-refractivity contribution in [1.82, 2.24) is 4.90 Å². The van der Waals surface area contributed by atoms with Crippen LogP contribution in [0.3, 0.4) is 0 Å². The first-order chi connectivity index (χ1) is 9.36. The summed E-state index contributed by atoms with van der Waals surface area (Å²) in [6.07, 6.45) is 3.98. The maximum absolute atomic E-state index is 2.61. The minimum Gasteiger partial charge on any atom is -0.301 e. The van der Waals surface area contributed by atoms with E-state index in [0.717, 1.165) is 5.92 Å². The van der Waals surface area contributed by atoms with Gasteiger partial charge in [0.15, 0.2) is 0 Å². The van der Waals surface area contributed by atoms with E-state index in [1.54, 1.807) is 0 Å². The van der Waals surface area contributed by atoms with Gasteiger partial charge in [-0.15, -0.1) is 0 Å². The van der Waals surface area contributed by atoms with Gasteiger partial charge >= 0.3 is 0 Å². The lowest BCUT2D eigenvalue weighted by Gasteiger charge is -2.34. The van der Waals surface area contributed by atoms with Gasteiger partial charge in [0.2, 0.25) is 0 Å². The molecule has 1 saturated heterocycles. The van der Waals surface area contributed by atoms with E-state index < -0.39 is 0 Å². The summed E-state index contributed by atoms with van der Waals surface area (Å²) in [5, 5.41) is 0. The summed E-state index contributed by atoms with van der Waals surface area (Å²) in [5.74, 6) is 0.875. The molecular weight excluding hydrogens is 242 g/mol. The summed E-state index contributed by atoms with van der Waals surface area (Å²) in [7, 11) is 0. The number of nitrogens with zero attached hydrogens (tertiary/aromatic N) is 1. The molecule has 112 valence electrons. The molecular formula is C19H31N. The quantitative estimate of drug-likeness (QED) is 0.775. The van der Waals surface area contributed by atoms with Crippen LogP contribution in [0.4, 0.5) is 0 Å². The molecule has 0 atom stereocenters. The second kappa shape index (κ2) is 6.30. The van der Waals surface area contributed by atoms with Crippen molar-refractivity contribution in [2.75, 3.05) is 13.1 Å². The van der Waals surface area contributed by atoms with Crippen LogP contribution in [0.15, 0.2) is 24.3 Å². The van der Waals surface area contributed by atoms with Gasteiger partial charge in [0.05, 0.1) is 0 Å². The van der Waals surface area contributed by atoms with Gasteiger partial charge in [0, 0.05) is 6.04 Å². The lowest BCUT2D eigenvalue weighted by Crippen LogP contribution is -2.38. The van der Waals surface area contributed by atoms with Crippen molar-refractivity contribution in [3.05, 3.63) is 35.4 Å². The number of hydrogen-bond acceptors (Lipinski definition) is 1. The summed E-state index contributed by atoms with van der Waals surface area (Å²) in [4.78, 5) is 2.61. The molecule has 1 nitrogen and oxygen atoms in total. The van der Waals surface area contributed by atoms with Crippen LogP contribution in [0.1, 0.15) is 58.6 Å². The Morgan fingerprint density at radius 3 is 2.35 bits per heavy atom. The average Bonchev–Trinajstić information content (AvgIpc) is 2.38. The molecule has 0 saturated carbocycles. The highest BCUT2D eigenvalue weighted by Gasteiger charge is 2.21. The predicted octanol–water partition coefficient (Wildman–Crippen LogP) is 4.65. The molecule has 1 aliphatic rings. The van der Waals surface area contributed by atoms with Crippen molar-refractivity contribution >= 4 is 0 Å². The van der Waals surface area contributed by atoms with Gasteiger partial charge in [-0.25, -0.2) is 0 Å². The topological polar surface area (TPSA) is 3.24 Å². The largest absolute Gasteiger partial charge is 0.301 e. The Labute approximate surface area is 125 Å². The second-order valence-electron chi connectivity index (χ2n) is 7.73. The van der Waals surface area contributed by atoms with E-state index in [9.17, 15) is 0 Å². The van der Waals surface area contributed by atoms with Crippen LogP contribution >= 0.6 is 0 Å². The van der Waals surface area contributed by atoms with Crippen molar-refractivity contribution in [2.45, 2.75) is 65.3 Å². The molecule has 0 aromatic heterocycles. The molecule has 20 heavy (non-hydrogen) atoms. The first-order valence-corrected chi connectivity index (χ1v) is 8.20. The van der Waals surface area contributed by atoms with Crippen LogP contribution in [0.25, 0.3) is 0 Å². The second-order valence-corrected chi connectivity index (χ2v) is 7.73. The summed E-state index contributed by atoms with van der Waals surface area (Å²) < 4.78 is 0. The van der Waals surface area contributed by atoms with E-state index in [2.05, 4.69) is 63.8 Å². The molecule has 1 heteroatoms. The van der Waals surface area contributed by atoms with Crippen LogP contribution in [0, 0.1) is 5.92 Å². The smallest absolute Gasteiger partial charge is 0.00385 e. The Morgan fingerprint density at radius 2 is 1.80 bits per heavy atom. The number of rotatable bonds is 3. The summed E-state index contributed by atoms with van der Waals surface area (Å²) in [6.45, 7) is 14.1. The maximum atomic E-state index is 2.61. The number of likely N-dealkylation sites (tertiary alicyclic amines) is 1. The first-order valence-electron chi connectivity index (χ1n) is 8.20. The van der Waals surface area contributed by atoms with Gasteiger partial charge < -0.3 is 4.90 Å². The molecule has 0 unspecified atom stereocenters. The van der Waals surface area contributed by atoms with Crippen molar-refractivity contribution < 1.29 is 0 Å². The molecule has 1 aliphatic heterocycles. The molecule has 1 fully saturated rings. The van der Waals surface area contributed by atoms with E-state index in [-0.39, 0.29) is 5.41 Å². The minimum atomic E-state index is 0.261. The van der Waals surface area contributed by atoms with Gasteiger partial charge in [-0.2, -0.15) is 0 Å². The van der Waals surface area contributed by atoms with Gasteiger partial charge in [-0.05, 0) is 68.7 Å². The van der Waals surface area contributed by atoms with E-state index in [1.165, 1.54) is 43.5 Å². The van der Waals surface area contributed by atoms with E-state index in [0.29, 0.717) is 6.04 Å². The Morgan fingerprint density at radius 1 is 1.15 bits per heavy atom. The molecule has 1 aromatic rings. The average molecular weight is 273 g/mol. The maximum Gasteiger partial charge on any atom is 0.00385 e. The fourth-order valence-electron chi connectivity index (χ4n) is 3.17. The SMILES string of the molecule is CC(C)N1CCC(Cc2cccc(C(C)(C)C)c2)CC1. The van der Waals surface area contributed by atoms with Crippen molar-refractivity contribution in [2.24, 2.45) is 5.92 Å². The molecule has 0 N–H and O–H groups in total. The Bertz CT molecular complexity index is 420. The highest BCUT2D eigenvalue weighted by atomic mass is 15.1. The van der Waals surface area contributed by atoms with Crippen LogP contribution in [0.5, 0.6) is 0 Å². The van der Waals surface area contributed by atoms with Gasteiger partial charge in [0.25, 0.3) is 0 Å². The summed E-state index contributed by atoms with van der Waals surface area (Å²) in [6, 6.07) is 9.95. The van der Waals surface area contributed by atoms with Crippen LogP contribution < -0.4 is 0 Å². The molecule has 1 aromatic carbocycles. The third kappa shape index (κ3) is 4.09. The zero-order valence-electron chi connectivity index (χ0n) is 13.9. The normalized spacial score (nSPS) is 18.7. The van der Waals surface area contributed by atoms with Crippen LogP contribution in [0.2, 0.25) is 0 Å². The zero-order chi connectivity index (χ0) is 14.8. The Balaban J connectivity index is 1.95. The fourth-order valence-corrected chi connectivity index (χ4v) is 3.17. The van der Waals surface area contributed by atoms with Gasteiger partial charge in [0.1, 0.15) is 0 Å². The molecule has 0 radical (unpaired) electrons. The predicted molar refractivity (Wildman–Crippen MR) is 88.3 cm³/mol. The minimum absolute atomic E-state index is 0.261. The Kier molecular flexibility index (Phi) is 4.90. The summed E-state index contributed by atoms with van der Waals surface area (Å²) >= 11 is 0. The van der Waals surface area contributed by atoms with E-state index >= 15 is 0 Å². The molecule has 0 spiro atoms. The van der Waals surface area contributed by atoms with Gasteiger partial charge in [-0.3, -0.25) is 0 Å². The zero-order valence-corrected chi connectivity index (χ0v) is 13.9. The van der Waals surface area contributed by atoms with Crippen molar-refractivity contribution in [3.8, 4) is 0 Å². The Hall–Kier alpha value is -0.820. The highest BCUT2D eigenvalue weighted by Crippen LogP contribution is 2.26. The number of benzene rings is 1. The fraction of sp³-hybridized carbons (Fsp3) is 0.684. The number of hydrogen-bond donors (Lipinski definition) is 0. The first kappa shape index (κ1) is 15.6. The number of piperidine rings is 1. The van der Waals surface area contributed by atoms with E-state index in [1.807, 2.05) is 0 Å². The third-order valence-electron chi connectivity index (χ3n) is 4.70. The van der Waals surface area contributed by atoms with E-state index in [4.69, 9.17) is 0 Å². The summed E-state index contributed by atoms with van der Waals surface area (Å²) in [5.41, 5.74) is 3.26. The third-order valence-corrected chi connectivity index (χ3v) is 4.70. The van der Waals surface area contributed by atoms with Crippen LogP contribution in [-0.2, 0) is 11.8 Å². The molecule has 0 aliphatic carbocycles. The highest BCUT2D eigenvalue weighted by molar-refractivity contribution is 5.28. The molecule has 1 heterocycles.